The van der Waals surface area contributed by atoms with Crippen LogP contribution in [0.15, 0.2) is 42.7 Å². The van der Waals surface area contributed by atoms with E-state index in [0.717, 1.165) is 38.3 Å². The summed E-state index contributed by atoms with van der Waals surface area (Å²) in [6.45, 7) is 6.90. The third kappa shape index (κ3) is 4.90. The highest BCUT2D eigenvalue weighted by Crippen LogP contribution is 2.19. The molecule has 1 N–H and O–H groups in total. The van der Waals surface area contributed by atoms with Crippen LogP contribution in [-0.4, -0.2) is 22.9 Å². The van der Waals surface area contributed by atoms with Gasteiger partial charge in [-0.1, -0.05) is 26.0 Å². The number of rotatable bonds is 9. The van der Waals surface area contributed by atoms with Gasteiger partial charge in [-0.25, -0.2) is 0 Å². The van der Waals surface area contributed by atoms with Crippen molar-refractivity contribution < 1.29 is 4.74 Å². The highest BCUT2D eigenvalue weighted by molar-refractivity contribution is 5.29. The summed E-state index contributed by atoms with van der Waals surface area (Å²) in [6.07, 6.45) is 5.97. The summed E-state index contributed by atoms with van der Waals surface area (Å²) in [6, 6.07) is 10.6. The van der Waals surface area contributed by atoms with E-state index in [1.165, 1.54) is 5.56 Å². The normalized spacial score (nSPS) is 12.3. The van der Waals surface area contributed by atoms with Gasteiger partial charge in [-0.15, -0.1) is 0 Å². The van der Waals surface area contributed by atoms with E-state index in [0.29, 0.717) is 0 Å². The first-order chi connectivity index (χ1) is 10.3. The first kappa shape index (κ1) is 15.6. The van der Waals surface area contributed by atoms with Crippen molar-refractivity contribution in [3.05, 3.63) is 48.3 Å². The lowest BCUT2D eigenvalue weighted by Gasteiger charge is -2.19. The molecule has 0 saturated carbocycles. The Balaban J connectivity index is 2.04. The molecule has 1 atom stereocenters. The lowest BCUT2D eigenvalue weighted by Crippen LogP contribution is -2.26. The molecule has 0 bridgehead atoms. The van der Waals surface area contributed by atoms with Gasteiger partial charge in [0.25, 0.3) is 0 Å². The van der Waals surface area contributed by atoms with Crippen molar-refractivity contribution in [1.29, 1.82) is 0 Å². The van der Waals surface area contributed by atoms with Crippen LogP contribution in [0.25, 0.3) is 0 Å². The SMILES string of the molecule is CCCNC(Cn1cccn1)c1ccc(OCCC)cc1. The zero-order valence-corrected chi connectivity index (χ0v) is 13.0. The fourth-order valence-corrected chi connectivity index (χ4v) is 2.22. The molecule has 0 radical (unpaired) electrons. The second-order valence-electron chi connectivity index (χ2n) is 5.15. The molecule has 1 unspecified atom stereocenters. The molecule has 0 fully saturated rings. The van der Waals surface area contributed by atoms with Gasteiger partial charge in [0.2, 0.25) is 0 Å². The average Bonchev–Trinajstić information content (AvgIpc) is 3.03. The standard InChI is InChI=1S/C17H25N3O/c1-3-10-18-17(14-20-12-5-11-19-20)15-6-8-16(9-7-15)21-13-4-2/h5-9,11-12,17-18H,3-4,10,13-14H2,1-2H3. The molecular weight excluding hydrogens is 262 g/mol. The third-order valence-corrected chi connectivity index (χ3v) is 3.32. The predicted octanol–water partition coefficient (Wildman–Crippen LogP) is 3.41. The number of aromatic nitrogens is 2. The molecule has 0 spiro atoms. The lowest BCUT2D eigenvalue weighted by molar-refractivity contribution is 0.317. The molecule has 2 rings (SSSR count). The minimum absolute atomic E-state index is 0.269. The molecule has 1 heterocycles. The van der Waals surface area contributed by atoms with Crippen LogP contribution in [0.1, 0.15) is 38.3 Å². The fraction of sp³-hybridized carbons (Fsp3) is 0.471. The van der Waals surface area contributed by atoms with E-state index in [1.54, 1.807) is 0 Å². The zero-order valence-electron chi connectivity index (χ0n) is 13.0. The van der Waals surface area contributed by atoms with E-state index < -0.39 is 0 Å². The monoisotopic (exact) mass is 287 g/mol. The molecular formula is C17H25N3O. The highest BCUT2D eigenvalue weighted by atomic mass is 16.5. The minimum atomic E-state index is 0.269. The van der Waals surface area contributed by atoms with Crippen molar-refractivity contribution in [3.63, 3.8) is 0 Å². The van der Waals surface area contributed by atoms with Crippen LogP contribution in [0.3, 0.4) is 0 Å². The van der Waals surface area contributed by atoms with Gasteiger partial charge >= 0.3 is 0 Å². The molecule has 21 heavy (non-hydrogen) atoms. The average molecular weight is 287 g/mol. The van der Waals surface area contributed by atoms with Crippen molar-refractivity contribution in [2.75, 3.05) is 13.2 Å². The van der Waals surface area contributed by atoms with E-state index in [4.69, 9.17) is 4.74 Å². The van der Waals surface area contributed by atoms with Crippen molar-refractivity contribution in [2.45, 2.75) is 39.3 Å². The number of nitrogens with one attached hydrogen (secondary N) is 1. The first-order valence-corrected chi connectivity index (χ1v) is 7.77. The Morgan fingerprint density at radius 1 is 1.19 bits per heavy atom. The Kier molecular flexibility index (Phi) is 6.28. The maximum Gasteiger partial charge on any atom is 0.119 e. The van der Waals surface area contributed by atoms with Crippen LogP contribution < -0.4 is 10.1 Å². The molecule has 0 saturated heterocycles. The van der Waals surface area contributed by atoms with Gasteiger partial charge in [0, 0.05) is 12.4 Å². The Morgan fingerprint density at radius 2 is 2.00 bits per heavy atom. The van der Waals surface area contributed by atoms with Gasteiger partial charge < -0.3 is 10.1 Å². The maximum atomic E-state index is 5.64. The fourth-order valence-electron chi connectivity index (χ4n) is 2.22. The van der Waals surface area contributed by atoms with Gasteiger partial charge in [0.1, 0.15) is 5.75 Å². The number of ether oxygens (including phenoxy) is 1. The quantitative estimate of drug-likeness (QED) is 0.768. The minimum Gasteiger partial charge on any atom is -0.494 e. The second kappa shape index (κ2) is 8.47. The molecule has 0 aliphatic heterocycles. The summed E-state index contributed by atoms with van der Waals surface area (Å²) in [5.41, 5.74) is 1.27. The molecule has 1 aromatic carbocycles. The van der Waals surface area contributed by atoms with Crippen molar-refractivity contribution >= 4 is 0 Å². The number of hydrogen-bond donors (Lipinski definition) is 1. The van der Waals surface area contributed by atoms with Gasteiger partial charge in [-0.3, -0.25) is 4.68 Å². The number of benzene rings is 1. The largest absolute Gasteiger partial charge is 0.494 e. The van der Waals surface area contributed by atoms with Gasteiger partial charge in [0.05, 0.1) is 19.2 Å². The van der Waals surface area contributed by atoms with Gasteiger partial charge in [-0.05, 0) is 43.1 Å². The van der Waals surface area contributed by atoms with Gasteiger partial charge in [0.15, 0.2) is 0 Å². The van der Waals surface area contributed by atoms with E-state index in [-0.39, 0.29) is 6.04 Å². The molecule has 4 nitrogen and oxygen atoms in total. The summed E-state index contributed by atoms with van der Waals surface area (Å²) in [5.74, 6) is 0.939. The van der Waals surface area contributed by atoms with Crippen LogP contribution in [0.4, 0.5) is 0 Å². The van der Waals surface area contributed by atoms with E-state index in [2.05, 4.69) is 48.5 Å². The molecule has 0 aliphatic carbocycles. The summed E-state index contributed by atoms with van der Waals surface area (Å²) in [4.78, 5) is 0. The van der Waals surface area contributed by atoms with Crippen LogP contribution in [0.5, 0.6) is 5.75 Å². The summed E-state index contributed by atoms with van der Waals surface area (Å²) in [7, 11) is 0. The summed E-state index contributed by atoms with van der Waals surface area (Å²) < 4.78 is 7.61. The molecule has 0 aliphatic rings. The molecule has 114 valence electrons. The summed E-state index contributed by atoms with van der Waals surface area (Å²) in [5, 5.41) is 7.88. The van der Waals surface area contributed by atoms with E-state index >= 15 is 0 Å². The highest BCUT2D eigenvalue weighted by Gasteiger charge is 2.11. The second-order valence-corrected chi connectivity index (χ2v) is 5.15. The Labute approximate surface area is 127 Å². The van der Waals surface area contributed by atoms with Crippen LogP contribution in [0, 0.1) is 0 Å². The van der Waals surface area contributed by atoms with Gasteiger partial charge in [-0.2, -0.15) is 5.10 Å². The zero-order chi connectivity index (χ0) is 14.9. The molecule has 1 aromatic heterocycles. The summed E-state index contributed by atoms with van der Waals surface area (Å²) >= 11 is 0. The van der Waals surface area contributed by atoms with E-state index in [9.17, 15) is 0 Å². The van der Waals surface area contributed by atoms with Crippen molar-refractivity contribution in [1.82, 2.24) is 15.1 Å². The lowest BCUT2D eigenvalue weighted by atomic mass is 10.1. The number of hydrogen-bond acceptors (Lipinski definition) is 3. The molecule has 2 aromatic rings. The topological polar surface area (TPSA) is 39.1 Å². The molecule has 0 amide bonds. The Hall–Kier alpha value is -1.81. The third-order valence-electron chi connectivity index (χ3n) is 3.32. The van der Waals surface area contributed by atoms with Crippen molar-refractivity contribution in [2.24, 2.45) is 0 Å². The predicted molar refractivity (Wildman–Crippen MR) is 85.5 cm³/mol. The van der Waals surface area contributed by atoms with Crippen LogP contribution in [-0.2, 0) is 6.54 Å². The molecule has 4 heteroatoms. The number of nitrogens with zero attached hydrogens (tertiary/aromatic N) is 2. The maximum absolute atomic E-state index is 5.64. The van der Waals surface area contributed by atoms with Crippen LogP contribution >= 0.6 is 0 Å². The first-order valence-electron chi connectivity index (χ1n) is 7.77. The smallest absolute Gasteiger partial charge is 0.119 e. The van der Waals surface area contributed by atoms with E-state index in [1.807, 2.05) is 23.1 Å². The van der Waals surface area contributed by atoms with Crippen LogP contribution in [0.2, 0.25) is 0 Å². The Bertz CT molecular complexity index is 493. The Morgan fingerprint density at radius 3 is 2.62 bits per heavy atom. The van der Waals surface area contributed by atoms with Crippen molar-refractivity contribution in [3.8, 4) is 5.75 Å².